The Balaban J connectivity index is 2.08. The molecule has 0 aliphatic heterocycles. The van der Waals surface area contributed by atoms with Crippen LogP contribution in [0.15, 0.2) is 51.8 Å². The summed E-state index contributed by atoms with van der Waals surface area (Å²) < 4.78 is 1.09. The fourth-order valence-corrected chi connectivity index (χ4v) is 3.44. The van der Waals surface area contributed by atoms with Gasteiger partial charge in [-0.15, -0.1) is 11.8 Å². The van der Waals surface area contributed by atoms with Gasteiger partial charge in [0.15, 0.2) is 0 Å². The van der Waals surface area contributed by atoms with Gasteiger partial charge in [0.25, 0.3) is 0 Å². The second-order valence-corrected chi connectivity index (χ2v) is 6.24. The van der Waals surface area contributed by atoms with Crippen molar-refractivity contribution in [2.45, 2.75) is 24.1 Å². The number of aryl methyl sites for hydroxylation is 1. The van der Waals surface area contributed by atoms with E-state index >= 15 is 0 Å². The molecule has 0 amide bonds. The second-order valence-electron chi connectivity index (χ2n) is 4.28. The van der Waals surface area contributed by atoms with E-state index < -0.39 is 0 Å². The molecule has 0 saturated carbocycles. The van der Waals surface area contributed by atoms with Crippen LogP contribution >= 0.6 is 27.7 Å². The van der Waals surface area contributed by atoms with Crippen molar-refractivity contribution in [3.05, 3.63) is 63.6 Å². The highest BCUT2D eigenvalue weighted by Gasteiger charge is 2.01. The van der Waals surface area contributed by atoms with Crippen LogP contribution in [-0.4, -0.2) is 0 Å². The van der Waals surface area contributed by atoms with E-state index in [9.17, 15) is 0 Å². The molecule has 0 aromatic heterocycles. The van der Waals surface area contributed by atoms with Crippen molar-refractivity contribution in [2.24, 2.45) is 5.73 Å². The summed E-state index contributed by atoms with van der Waals surface area (Å²) in [6.45, 7) is 2.71. The van der Waals surface area contributed by atoms with Crippen LogP contribution in [0.25, 0.3) is 0 Å². The number of halogens is 1. The zero-order chi connectivity index (χ0) is 13.0. The number of rotatable bonds is 4. The highest BCUT2D eigenvalue weighted by atomic mass is 79.9. The normalized spacial score (nSPS) is 10.6. The van der Waals surface area contributed by atoms with Crippen LogP contribution in [0.1, 0.15) is 16.7 Å². The van der Waals surface area contributed by atoms with Crippen molar-refractivity contribution in [3.8, 4) is 0 Å². The van der Waals surface area contributed by atoms with E-state index in [2.05, 4.69) is 65.3 Å². The Morgan fingerprint density at radius 3 is 2.67 bits per heavy atom. The summed E-state index contributed by atoms with van der Waals surface area (Å²) in [5, 5.41) is 0. The Hall–Kier alpha value is -0.770. The van der Waals surface area contributed by atoms with E-state index in [1.807, 2.05) is 11.8 Å². The van der Waals surface area contributed by atoms with E-state index in [1.54, 1.807) is 0 Å². The zero-order valence-corrected chi connectivity index (χ0v) is 12.7. The molecule has 18 heavy (non-hydrogen) atoms. The Morgan fingerprint density at radius 2 is 1.94 bits per heavy atom. The van der Waals surface area contributed by atoms with Gasteiger partial charge >= 0.3 is 0 Å². The Bertz CT molecular complexity index is 540. The number of thioether (sulfide) groups is 1. The summed E-state index contributed by atoms with van der Waals surface area (Å²) in [5.41, 5.74) is 9.51. The zero-order valence-electron chi connectivity index (χ0n) is 10.3. The first-order valence-corrected chi connectivity index (χ1v) is 7.63. The SMILES string of the molecule is Cc1cccc(CSc2cc(Br)cc(CN)c2)c1. The fourth-order valence-electron chi connectivity index (χ4n) is 1.79. The molecule has 0 unspecified atom stereocenters. The van der Waals surface area contributed by atoms with Gasteiger partial charge < -0.3 is 5.73 Å². The molecule has 0 atom stereocenters. The molecular formula is C15H16BrNS. The minimum Gasteiger partial charge on any atom is -0.326 e. The van der Waals surface area contributed by atoms with E-state index in [4.69, 9.17) is 5.73 Å². The van der Waals surface area contributed by atoms with Gasteiger partial charge in [0.1, 0.15) is 0 Å². The van der Waals surface area contributed by atoms with Crippen LogP contribution in [0.4, 0.5) is 0 Å². The molecule has 2 aromatic rings. The molecule has 3 heteroatoms. The summed E-state index contributed by atoms with van der Waals surface area (Å²) >= 11 is 5.36. The van der Waals surface area contributed by atoms with E-state index in [0.29, 0.717) is 6.54 Å². The summed E-state index contributed by atoms with van der Waals surface area (Å²) in [6, 6.07) is 15.0. The third kappa shape index (κ3) is 3.87. The van der Waals surface area contributed by atoms with Crippen molar-refractivity contribution in [1.29, 1.82) is 0 Å². The third-order valence-electron chi connectivity index (χ3n) is 2.65. The second kappa shape index (κ2) is 6.41. The van der Waals surface area contributed by atoms with Crippen molar-refractivity contribution >= 4 is 27.7 Å². The van der Waals surface area contributed by atoms with Crippen molar-refractivity contribution < 1.29 is 0 Å². The largest absolute Gasteiger partial charge is 0.326 e. The lowest BCUT2D eigenvalue weighted by Crippen LogP contribution is -1.96. The minimum absolute atomic E-state index is 0.581. The molecule has 0 aliphatic carbocycles. The van der Waals surface area contributed by atoms with Gasteiger partial charge in [-0.2, -0.15) is 0 Å². The molecular weight excluding hydrogens is 306 g/mol. The molecule has 0 radical (unpaired) electrons. The predicted octanol–water partition coefficient (Wildman–Crippen LogP) is 4.51. The standard InChI is InChI=1S/C15H16BrNS/c1-11-3-2-4-12(5-11)10-18-15-7-13(9-17)6-14(16)8-15/h2-8H,9-10,17H2,1H3. The third-order valence-corrected chi connectivity index (χ3v) is 4.16. The van der Waals surface area contributed by atoms with Gasteiger partial charge in [0.2, 0.25) is 0 Å². The Kier molecular flexibility index (Phi) is 4.87. The maximum absolute atomic E-state index is 5.68. The highest BCUT2D eigenvalue weighted by molar-refractivity contribution is 9.10. The van der Waals surface area contributed by atoms with Crippen LogP contribution < -0.4 is 5.73 Å². The quantitative estimate of drug-likeness (QED) is 0.838. The fraction of sp³-hybridized carbons (Fsp3) is 0.200. The minimum atomic E-state index is 0.581. The first-order chi connectivity index (χ1) is 8.67. The maximum Gasteiger partial charge on any atom is 0.0232 e. The molecule has 2 rings (SSSR count). The molecule has 2 N–H and O–H groups in total. The summed E-state index contributed by atoms with van der Waals surface area (Å²) in [6.07, 6.45) is 0. The molecule has 0 heterocycles. The van der Waals surface area contributed by atoms with Crippen LogP contribution in [0.3, 0.4) is 0 Å². The number of benzene rings is 2. The van der Waals surface area contributed by atoms with Gasteiger partial charge in [0.05, 0.1) is 0 Å². The maximum atomic E-state index is 5.68. The lowest BCUT2D eigenvalue weighted by atomic mass is 10.2. The van der Waals surface area contributed by atoms with Crippen LogP contribution in [-0.2, 0) is 12.3 Å². The van der Waals surface area contributed by atoms with Gasteiger partial charge in [0, 0.05) is 21.7 Å². The van der Waals surface area contributed by atoms with Crippen molar-refractivity contribution in [2.75, 3.05) is 0 Å². The topological polar surface area (TPSA) is 26.0 Å². The monoisotopic (exact) mass is 321 g/mol. The van der Waals surface area contributed by atoms with Gasteiger partial charge in [-0.3, -0.25) is 0 Å². The Labute approximate surface area is 121 Å². The molecule has 1 nitrogen and oxygen atoms in total. The molecule has 0 aliphatic rings. The summed E-state index contributed by atoms with van der Waals surface area (Å²) in [5.74, 6) is 0.988. The summed E-state index contributed by atoms with van der Waals surface area (Å²) in [4.78, 5) is 1.26. The lowest BCUT2D eigenvalue weighted by Gasteiger charge is -2.06. The average Bonchev–Trinajstić information content (AvgIpc) is 2.36. The Morgan fingerprint density at radius 1 is 1.11 bits per heavy atom. The van der Waals surface area contributed by atoms with Crippen molar-refractivity contribution in [1.82, 2.24) is 0 Å². The van der Waals surface area contributed by atoms with E-state index in [1.165, 1.54) is 16.0 Å². The van der Waals surface area contributed by atoms with Crippen molar-refractivity contribution in [3.63, 3.8) is 0 Å². The predicted molar refractivity (Wildman–Crippen MR) is 82.8 cm³/mol. The number of nitrogens with two attached hydrogens (primary N) is 1. The molecule has 0 bridgehead atoms. The molecule has 2 aromatic carbocycles. The summed E-state index contributed by atoms with van der Waals surface area (Å²) in [7, 11) is 0. The number of hydrogen-bond acceptors (Lipinski definition) is 2. The average molecular weight is 322 g/mol. The molecule has 0 fully saturated rings. The van der Waals surface area contributed by atoms with Crippen LogP contribution in [0, 0.1) is 6.92 Å². The van der Waals surface area contributed by atoms with E-state index in [-0.39, 0.29) is 0 Å². The van der Waals surface area contributed by atoms with E-state index in [0.717, 1.165) is 15.8 Å². The molecule has 0 spiro atoms. The molecule has 94 valence electrons. The first kappa shape index (κ1) is 13.7. The van der Waals surface area contributed by atoms with Gasteiger partial charge in [-0.1, -0.05) is 45.8 Å². The highest BCUT2D eigenvalue weighted by Crippen LogP contribution is 2.27. The van der Waals surface area contributed by atoms with Crippen LogP contribution in [0.5, 0.6) is 0 Å². The van der Waals surface area contributed by atoms with Gasteiger partial charge in [-0.05, 0) is 36.2 Å². The van der Waals surface area contributed by atoms with Gasteiger partial charge in [-0.25, -0.2) is 0 Å². The molecule has 0 saturated heterocycles. The van der Waals surface area contributed by atoms with Crippen LogP contribution in [0.2, 0.25) is 0 Å². The lowest BCUT2D eigenvalue weighted by molar-refractivity contribution is 1.06. The number of hydrogen-bond donors (Lipinski definition) is 1. The smallest absolute Gasteiger partial charge is 0.0232 e. The first-order valence-electron chi connectivity index (χ1n) is 5.85.